The van der Waals surface area contributed by atoms with Crippen LogP contribution in [0.1, 0.15) is 12.1 Å². The van der Waals surface area contributed by atoms with E-state index in [-0.39, 0.29) is 0 Å². The summed E-state index contributed by atoms with van der Waals surface area (Å²) < 4.78 is 5.06. The Labute approximate surface area is 134 Å². The molecule has 0 bridgehead atoms. The Balaban J connectivity index is 2.12. The van der Waals surface area contributed by atoms with Crippen molar-refractivity contribution in [1.29, 1.82) is 0 Å². The molecule has 0 atom stereocenters. The van der Waals surface area contributed by atoms with E-state index < -0.39 is 0 Å². The van der Waals surface area contributed by atoms with Gasteiger partial charge in [0.25, 0.3) is 0 Å². The van der Waals surface area contributed by atoms with Crippen molar-refractivity contribution >= 4 is 5.96 Å². The maximum Gasteiger partial charge on any atom is 0.191 e. The predicted molar refractivity (Wildman–Crippen MR) is 91.3 cm³/mol. The molecule has 0 aliphatic heterocycles. The van der Waals surface area contributed by atoms with Crippen molar-refractivity contribution < 1.29 is 4.74 Å². The first-order valence-electron chi connectivity index (χ1n) is 7.78. The largest absolute Gasteiger partial charge is 0.385 e. The van der Waals surface area contributed by atoms with Crippen molar-refractivity contribution in [2.75, 3.05) is 54.0 Å². The van der Waals surface area contributed by atoms with Crippen LogP contribution in [0, 0.1) is 0 Å². The van der Waals surface area contributed by atoms with Crippen LogP contribution in [0.2, 0.25) is 0 Å². The Bertz CT molecular complexity index is 410. The summed E-state index contributed by atoms with van der Waals surface area (Å²) in [5.41, 5.74) is 1.09. The van der Waals surface area contributed by atoms with E-state index in [0.29, 0.717) is 0 Å². The highest BCUT2D eigenvalue weighted by Gasteiger charge is 2.00. The molecule has 1 heterocycles. The standard InChI is InChI=1S/C16H29N5O/c1-17-16(19-10-8-15-7-4-5-9-18-15)20-11-13-21(2)12-6-14-22-3/h4-5,7,9H,6,8,10-14H2,1-3H3,(H2,17,19,20). The molecule has 1 aromatic rings. The van der Waals surface area contributed by atoms with E-state index in [9.17, 15) is 0 Å². The van der Waals surface area contributed by atoms with Gasteiger partial charge in [-0.15, -0.1) is 0 Å². The number of hydrogen-bond acceptors (Lipinski definition) is 4. The third-order valence-corrected chi connectivity index (χ3v) is 3.30. The molecule has 0 radical (unpaired) electrons. The number of nitrogens with one attached hydrogen (secondary N) is 2. The molecule has 6 heteroatoms. The average molecular weight is 307 g/mol. The molecule has 1 rings (SSSR count). The van der Waals surface area contributed by atoms with E-state index in [1.54, 1.807) is 14.2 Å². The van der Waals surface area contributed by atoms with Gasteiger partial charge >= 0.3 is 0 Å². The van der Waals surface area contributed by atoms with Crippen molar-refractivity contribution in [3.63, 3.8) is 0 Å². The first kappa shape index (κ1) is 18.4. The molecule has 0 saturated carbocycles. The van der Waals surface area contributed by atoms with Gasteiger partial charge in [-0.2, -0.15) is 0 Å². The number of likely N-dealkylation sites (N-methyl/N-ethyl adjacent to an activating group) is 1. The highest BCUT2D eigenvalue weighted by atomic mass is 16.5. The Morgan fingerprint density at radius 1 is 1.27 bits per heavy atom. The lowest BCUT2D eigenvalue weighted by Gasteiger charge is -2.18. The number of methoxy groups -OCH3 is 1. The van der Waals surface area contributed by atoms with Crippen LogP contribution in [0.4, 0.5) is 0 Å². The highest BCUT2D eigenvalue weighted by molar-refractivity contribution is 5.79. The van der Waals surface area contributed by atoms with Crippen LogP contribution in [-0.4, -0.2) is 69.8 Å². The Morgan fingerprint density at radius 3 is 2.77 bits per heavy atom. The molecule has 0 aromatic carbocycles. The van der Waals surface area contributed by atoms with Gasteiger partial charge in [0, 0.05) is 65.3 Å². The number of ether oxygens (including phenoxy) is 1. The zero-order valence-electron chi connectivity index (χ0n) is 14.0. The summed E-state index contributed by atoms with van der Waals surface area (Å²) in [5, 5.41) is 6.63. The Hall–Kier alpha value is -1.66. The van der Waals surface area contributed by atoms with E-state index in [0.717, 1.165) is 57.3 Å². The van der Waals surface area contributed by atoms with Crippen LogP contribution < -0.4 is 10.6 Å². The summed E-state index contributed by atoms with van der Waals surface area (Å²) in [6, 6.07) is 5.97. The van der Waals surface area contributed by atoms with Crippen molar-refractivity contribution in [2.24, 2.45) is 4.99 Å². The lowest BCUT2D eigenvalue weighted by atomic mass is 10.3. The van der Waals surface area contributed by atoms with Crippen LogP contribution in [0.15, 0.2) is 29.4 Å². The molecule has 6 nitrogen and oxygen atoms in total. The normalized spacial score (nSPS) is 11.7. The Kier molecular flexibility index (Phi) is 9.98. The molecular formula is C16H29N5O. The minimum Gasteiger partial charge on any atom is -0.385 e. The van der Waals surface area contributed by atoms with Gasteiger partial charge in [-0.3, -0.25) is 9.98 Å². The van der Waals surface area contributed by atoms with Gasteiger partial charge in [0.15, 0.2) is 5.96 Å². The van der Waals surface area contributed by atoms with Crippen LogP contribution >= 0.6 is 0 Å². The Morgan fingerprint density at radius 2 is 2.09 bits per heavy atom. The van der Waals surface area contributed by atoms with Gasteiger partial charge in [0.2, 0.25) is 0 Å². The van der Waals surface area contributed by atoms with Crippen LogP contribution in [0.25, 0.3) is 0 Å². The summed E-state index contributed by atoms with van der Waals surface area (Å²) in [7, 11) is 5.65. The van der Waals surface area contributed by atoms with Gasteiger partial charge < -0.3 is 20.3 Å². The molecule has 0 aliphatic carbocycles. The second-order valence-electron chi connectivity index (χ2n) is 5.15. The minimum atomic E-state index is 0.814. The zero-order valence-corrected chi connectivity index (χ0v) is 14.0. The van der Waals surface area contributed by atoms with Gasteiger partial charge in [-0.25, -0.2) is 0 Å². The summed E-state index contributed by atoms with van der Waals surface area (Å²) in [5.74, 6) is 0.834. The molecule has 0 unspecified atom stereocenters. The van der Waals surface area contributed by atoms with Gasteiger partial charge in [0.05, 0.1) is 0 Å². The maximum absolute atomic E-state index is 5.06. The number of aliphatic imine (C=N–C) groups is 1. The minimum absolute atomic E-state index is 0.814. The van der Waals surface area contributed by atoms with Crippen molar-refractivity contribution in [3.05, 3.63) is 30.1 Å². The van der Waals surface area contributed by atoms with Crippen molar-refractivity contribution in [2.45, 2.75) is 12.8 Å². The third-order valence-electron chi connectivity index (χ3n) is 3.30. The molecule has 0 aliphatic rings. The summed E-state index contributed by atoms with van der Waals surface area (Å²) >= 11 is 0. The van der Waals surface area contributed by atoms with Crippen LogP contribution in [-0.2, 0) is 11.2 Å². The number of pyridine rings is 1. The molecule has 1 aromatic heterocycles. The number of rotatable bonds is 10. The van der Waals surface area contributed by atoms with Crippen molar-refractivity contribution in [3.8, 4) is 0 Å². The average Bonchev–Trinajstić information content (AvgIpc) is 2.54. The van der Waals surface area contributed by atoms with E-state index in [2.05, 4.69) is 32.6 Å². The second-order valence-corrected chi connectivity index (χ2v) is 5.15. The molecule has 0 fully saturated rings. The lowest BCUT2D eigenvalue weighted by molar-refractivity contribution is 0.180. The van der Waals surface area contributed by atoms with E-state index in [1.807, 2.05) is 24.4 Å². The molecular weight excluding hydrogens is 278 g/mol. The van der Waals surface area contributed by atoms with E-state index in [4.69, 9.17) is 4.74 Å². The predicted octanol–water partition coefficient (Wildman–Crippen LogP) is 0.757. The number of guanidine groups is 1. The monoisotopic (exact) mass is 307 g/mol. The molecule has 0 saturated heterocycles. The van der Waals surface area contributed by atoms with Crippen LogP contribution in [0.3, 0.4) is 0 Å². The van der Waals surface area contributed by atoms with E-state index >= 15 is 0 Å². The van der Waals surface area contributed by atoms with Gasteiger partial charge in [-0.1, -0.05) is 6.07 Å². The fraction of sp³-hybridized carbons (Fsp3) is 0.625. The lowest BCUT2D eigenvalue weighted by Crippen LogP contribution is -2.41. The second kappa shape index (κ2) is 11.9. The summed E-state index contributed by atoms with van der Waals surface area (Å²) in [6.07, 6.45) is 3.77. The fourth-order valence-electron chi connectivity index (χ4n) is 2.03. The first-order chi connectivity index (χ1) is 10.8. The fourth-order valence-corrected chi connectivity index (χ4v) is 2.03. The van der Waals surface area contributed by atoms with Crippen molar-refractivity contribution in [1.82, 2.24) is 20.5 Å². The van der Waals surface area contributed by atoms with Gasteiger partial charge in [-0.05, 0) is 25.6 Å². The quantitative estimate of drug-likeness (QED) is 0.380. The maximum atomic E-state index is 5.06. The molecule has 22 heavy (non-hydrogen) atoms. The zero-order chi connectivity index (χ0) is 16.0. The summed E-state index contributed by atoms with van der Waals surface area (Å²) in [4.78, 5) is 10.8. The molecule has 0 spiro atoms. The summed E-state index contributed by atoms with van der Waals surface area (Å²) in [6.45, 7) is 4.52. The van der Waals surface area contributed by atoms with Crippen LogP contribution in [0.5, 0.6) is 0 Å². The number of aromatic nitrogens is 1. The topological polar surface area (TPSA) is 61.8 Å². The van der Waals surface area contributed by atoms with Gasteiger partial charge in [0.1, 0.15) is 0 Å². The highest BCUT2D eigenvalue weighted by Crippen LogP contribution is 1.93. The third kappa shape index (κ3) is 8.59. The number of hydrogen-bond donors (Lipinski definition) is 2. The van der Waals surface area contributed by atoms with E-state index in [1.165, 1.54) is 0 Å². The smallest absolute Gasteiger partial charge is 0.191 e. The molecule has 124 valence electrons. The first-order valence-corrected chi connectivity index (χ1v) is 7.78. The SMILES string of the molecule is CN=C(NCCc1ccccn1)NCCN(C)CCCOC. The molecule has 2 N–H and O–H groups in total. The molecule has 0 amide bonds. The number of nitrogens with zero attached hydrogens (tertiary/aromatic N) is 3.